The maximum Gasteiger partial charge on any atom is 0.416 e. The monoisotopic (exact) mass is 383 g/mol. The molecule has 0 amide bonds. The maximum atomic E-state index is 13.0. The third-order valence-electron chi connectivity index (χ3n) is 3.31. The van der Waals surface area contributed by atoms with E-state index >= 15 is 0 Å². The van der Waals surface area contributed by atoms with Crippen molar-refractivity contribution in [1.82, 2.24) is 0 Å². The summed E-state index contributed by atoms with van der Waals surface area (Å²) in [6, 6.07) is 6.27. The van der Waals surface area contributed by atoms with Crippen molar-refractivity contribution in [3.8, 4) is 0 Å². The molecule has 0 aromatic heterocycles. The molecule has 2 aromatic rings. The van der Waals surface area contributed by atoms with Crippen molar-refractivity contribution in [1.29, 1.82) is 0 Å². The van der Waals surface area contributed by atoms with E-state index in [-0.39, 0.29) is 14.7 Å². The topological polar surface area (TPSA) is 29.4 Å². The Hall–Kier alpha value is -1.68. The molecule has 2 nitrogen and oxygen atoms in total. The Morgan fingerprint density at radius 3 is 1.92 bits per heavy atom. The average molecular weight is 383 g/mol. The number of benzene rings is 2. The fraction of sp³-hybridized carbons (Fsp3) is 0.143. The largest absolute Gasteiger partial charge is 0.416 e. The number of hydrogen-bond donors (Lipinski definition) is 0. The van der Waals surface area contributed by atoms with Crippen LogP contribution in [-0.2, 0) is 22.1 Å². The van der Waals surface area contributed by atoms with Crippen molar-refractivity contribution < 1.29 is 30.6 Å². The second kappa shape index (κ2) is 5.41. The maximum absolute atomic E-state index is 13.0. The van der Waals surface area contributed by atoms with Crippen molar-refractivity contribution in [3.63, 3.8) is 0 Å². The van der Waals surface area contributed by atoms with Gasteiger partial charge < -0.3 is 0 Å². The van der Waals surface area contributed by atoms with Crippen LogP contribution in [0.1, 0.15) is 11.1 Å². The zero-order valence-corrected chi connectivity index (χ0v) is 13.1. The van der Waals surface area contributed by atoms with E-state index in [9.17, 15) is 30.6 Å². The van der Waals surface area contributed by atoms with Gasteiger partial charge in [0, 0.05) is 16.8 Å². The number of halogens is 6. The van der Waals surface area contributed by atoms with Crippen molar-refractivity contribution in [2.24, 2.45) is 3.77 Å². The molecule has 0 saturated heterocycles. The molecule has 1 heterocycles. The minimum atomic E-state index is -4.55. The lowest BCUT2D eigenvalue weighted by Gasteiger charge is -2.11. The van der Waals surface area contributed by atoms with Gasteiger partial charge in [0.05, 0.1) is 20.9 Å². The normalized spacial score (nSPS) is 20.6. The Morgan fingerprint density at radius 1 is 0.833 bits per heavy atom. The van der Waals surface area contributed by atoms with Gasteiger partial charge in [-0.15, -0.1) is 0 Å². The lowest BCUT2D eigenvalue weighted by atomic mass is 10.2. The zero-order chi connectivity index (χ0) is 17.8. The minimum Gasteiger partial charge on any atom is -0.239 e. The molecule has 10 heteroatoms. The average Bonchev–Trinajstić information content (AvgIpc) is 2.84. The summed E-state index contributed by atoms with van der Waals surface area (Å²) in [4.78, 5) is 0.163. The summed E-state index contributed by atoms with van der Waals surface area (Å²) < 4.78 is 92.7. The van der Waals surface area contributed by atoms with Crippen molar-refractivity contribution >= 4 is 21.7 Å². The molecular weight excluding hydrogens is 376 g/mol. The first-order chi connectivity index (χ1) is 11.0. The van der Waals surface area contributed by atoms with E-state index in [0.29, 0.717) is 11.9 Å². The van der Waals surface area contributed by atoms with Gasteiger partial charge in [0.1, 0.15) is 9.73 Å². The van der Waals surface area contributed by atoms with E-state index in [4.69, 9.17) is 0 Å². The van der Waals surface area contributed by atoms with Gasteiger partial charge in [0.2, 0.25) is 0 Å². The zero-order valence-electron chi connectivity index (χ0n) is 11.5. The molecule has 0 N–H and O–H groups in total. The molecule has 1 aliphatic heterocycles. The van der Waals surface area contributed by atoms with E-state index in [1.807, 2.05) is 0 Å². The Labute approximate surface area is 137 Å². The molecule has 0 fully saturated rings. The summed E-state index contributed by atoms with van der Waals surface area (Å²) in [6.45, 7) is 0. The molecule has 1 aliphatic rings. The molecule has 0 radical (unpaired) electrons. The van der Waals surface area contributed by atoms with E-state index in [2.05, 4.69) is 3.77 Å². The minimum absolute atomic E-state index is 0.0153. The van der Waals surface area contributed by atoms with Crippen LogP contribution in [0.2, 0.25) is 0 Å². The fourth-order valence-electron chi connectivity index (χ4n) is 2.12. The van der Waals surface area contributed by atoms with Crippen LogP contribution in [0.25, 0.3) is 0 Å². The fourth-order valence-corrected chi connectivity index (χ4v) is 5.65. The van der Waals surface area contributed by atoms with Gasteiger partial charge in [-0.1, -0.05) is 0 Å². The van der Waals surface area contributed by atoms with Gasteiger partial charge in [0.25, 0.3) is 0 Å². The highest BCUT2D eigenvalue weighted by Crippen LogP contribution is 2.44. The molecule has 3 rings (SSSR count). The van der Waals surface area contributed by atoms with E-state index < -0.39 is 33.2 Å². The van der Waals surface area contributed by atoms with Crippen LogP contribution in [-0.4, -0.2) is 4.21 Å². The van der Waals surface area contributed by atoms with Crippen LogP contribution in [0.4, 0.5) is 26.3 Å². The standard InChI is InChI=1S/C14H7F6NOS2/c15-13(16,17)8-1-4-10(5-2-8)24(22)12-6-3-9(14(18,19)20)7-11(12)23-21-24/h1-7H. The predicted octanol–water partition coefficient (Wildman–Crippen LogP) is 5.63. The van der Waals surface area contributed by atoms with Gasteiger partial charge in [-0.25, -0.2) is 4.21 Å². The quantitative estimate of drug-likeness (QED) is 0.472. The molecule has 0 bridgehead atoms. The first-order valence-corrected chi connectivity index (χ1v) is 8.63. The number of fused-ring (bicyclic) bond motifs is 1. The number of rotatable bonds is 1. The number of hydrogen-bond acceptors (Lipinski definition) is 3. The molecule has 0 saturated carbocycles. The summed E-state index contributed by atoms with van der Waals surface area (Å²) >= 11 is 0.637. The Bertz CT molecular complexity index is 908. The number of nitrogens with zero attached hydrogens (tertiary/aromatic N) is 1. The lowest BCUT2D eigenvalue weighted by Crippen LogP contribution is -2.07. The van der Waals surface area contributed by atoms with Gasteiger partial charge in [-0.3, -0.25) is 0 Å². The molecule has 1 atom stereocenters. The van der Waals surface area contributed by atoms with Crippen molar-refractivity contribution in [3.05, 3.63) is 53.6 Å². The van der Waals surface area contributed by atoms with Crippen LogP contribution in [0.3, 0.4) is 0 Å². The third kappa shape index (κ3) is 2.88. The third-order valence-corrected chi connectivity index (χ3v) is 6.98. The summed E-state index contributed by atoms with van der Waals surface area (Å²) in [5, 5.41) is 0. The summed E-state index contributed by atoms with van der Waals surface area (Å²) in [5.74, 6) is 0. The molecule has 0 spiro atoms. The van der Waals surface area contributed by atoms with Crippen molar-refractivity contribution in [2.75, 3.05) is 0 Å². The highest BCUT2D eigenvalue weighted by atomic mass is 32.2. The van der Waals surface area contributed by atoms with Crippen LogP contribution < -0.4 is 0 Å². The van der Waals surface area contributed by atoms with E-state index in [1.54, 1.807) is 0 Å². The number of alkyl halides is 6. The SMILES string of the molecule is O=S1(c2ccc(C(F)(F)F)cc2)=NSc2cc(C(F)(F)F)ccc21. The first kappa shape index (κ1) is 17.2. The Balaban J connectivity index is 2.04. The van der Waals surface area contributed by atoms with E-state index in [0.717, 1.165) is 42.5 Å². The Morgan fingerprint density at radius 2 is 1.38 bits per heavy atom. The van der Waals surface area contributed by atoms with Gasteiger partial charge in [-0.05, 0) is 42.5 Å². The molecular formula is C14H7F6NOS2. The van der Waals surface area contributed by atoms with Crippen LogP contribution in [0.15, 0.2) is 60.9 Å². The summed E-state index contributed by atoms with van der Waals surface area (Å²) in [6.07, 6.45) is -9.08. The van der Waals surface area contributed by atoms with Gasteiger partial charge >= 0.3 is 12.4 Å². The van der Waals surface area contributed by atoms with Crippen molar-refractivity contribution in [2.45, 2.75) is 27.0 Å². The first-order valence-electron chi connectivity index (χ1n) is 6.34. The highest BCUT2D eigenvalue weighted by molar-refractivity contribution is 8.10. The molecule has 2 aromatic carbocycles. The molecule has 128 valence electrons. The predicted molar refractivity (Wildman–Crippen MR) is 75.8 cm³/mol. The van der Waals surface area contributed by atoms with E-state index in [1.165, 1.54) is 0 Å². The summed E-state index contributed by atoms with van der Waals surface area (Å²) in [7, 11) is -3.26. The van der Waals surface area contributed by atoms with Gasteiger partial charge in [-0.2, -0.15) is 30.1 Å². The van der Waals surface area contributed by atoms with Crippen LogP contribution >= 0.6 is 11.9 Å². The molecule has 24 heavy (non-hydrogen) atoms. The lowest BCUT2D eigenvalue weighted by molar-refractivity contribution is -0.138. The Kier molecular flexibility index (Phi) is 3.87. The molecule has 1 unspecified atom stereocenters. The highest BCUT2D eigenvalue weighted by Gasteiger charge is 2.35. The van der Waals surface area contributed by atoms with Gasteiger partial charge in [0.15, 0.2) is 0 Å². The molecule has 0 aliphatic carbocycles. The summed E-state index contributed by atoms with van der Waals surface area (Å²) in [5.41, 5.74) is -1.81. The van der Waals surface area contributed by atoms with Crippen LogP contribution in [0.5, 0.6) is 0 Å². The van der Waals surface area contributed by atoms with Crippen LogP contribution in [0, 0.1) is 0 Å². The smallest absolute Gasteiger partial charge is 0.239 e. The second-order valence-electron chi connectivity index (χ2n) is 4.87. The second-order valence-corrected chi connectivity index (χ2v) is 8.05.